The van der Waals surface area contributed by atoms with E-state index in [0.717, 1.165) is 24.1 Å². The second-order valence-corrected chi connectivity index (χ2v) is 7.95. The van der Waals surface area contributed by atoms with Gasteiger partial charge in [-0.2, -0.15) is 0 Å². The number of ketones is 1. The predicted octanol–water partition coefficient (Wildman–Crippen LogP) is 2.25. The van der Waals surface area contributed by atoms with Crippen LogP contribution in [0.15, 0.2) is 48.3 Å². The van der Waals surface area contributed by atoms with Gasteiger partial charge in [0.2, 0.25) is 11.7 Å². The van der Waals surface area contributed by atoms with Gasteiger partial charge in [0.1, 0.15) is 17.9 Å². The molecule has 2 aliphatic carbocycles. The van der Waals surface area contributed by atoms with Crippen molar-refractivity contribution in [3.05, 3.63) is 59.6 Å². The fraction of sp³-hybridized carbons (Fsp3) is 0.304. The Morgan fingerprint density at radius 3 is 2.81 bits per heavy atom. The van der Waals surface area contributed by atoms with Crippen molar-refractivity contribution in [3.8, 4) is 5.75 Å². The molecule has 1 heterocycles. The quantitative estimate of drug-likeness (QED) is 0.540. The molecule has 4 rings (SSSR count). The molecule has 1 unspecified atom stereocenters. The Hall–Kier alpha value is -3.88. The Kier molecular flexibility index (Phi) is 5.81. The van der Waals surface area contributed by atoms with E-state index in [2.05, 4.69) is 10.3 Å². The van der Waals surface area contributed by atoms with Gasteiger partial charge in [-0.1, -0.05) is 18.2 Å². The van der Waals surface area contributed by atoms with E-state index >= 15 is 0 Å². The van der Waals surface area contributed by atoms with Gasteiger partial charge in [0.15, 0.2) is 12.3 Å². The Labute approximate surface area is 184 Å². The highest BCUT2D eigenvalue weighted by Gasteiger charge is 2.29. The number of nitrogens with two attached hydrogens (primary N) is 1. The Morgan fingerprint density at radius 2 is 2.09 bits per heavy atom. The summed E-state index contributed by atoms with van der Waals surface area (Å²) in [5.74, 6) is -1.43. The van der Waals surface area contributed by atoms with Gasteiger partial charge in [-0.25, -0.2) is 9.78 Å². The number of hydrogen-bond donors (Lipinski definition) is 3. The molecule has 1 aromatic carbocycles. The molecular weight excluding hydrogens is 412 g/mol. The average molecular weight is 436 g/mol. The number of rotatable bonds is 8. The minimum Gasteiger partial charge on any atom is -0.482 e. The van der Waals surface area contributed by atoms with Crippen molar-refractivity contribution < 1.29 is 24.2 Å². The molecule has 9 nitrogen and oxygen atoms in total. The monoisotopic (exact) mass is 436 g/mol. The predicted molar refractivity (Wildman–Crippen MR) is 117 cm³/mol. The summed E-state index contributed by atoms with van der Waals surface area (Å²) in [5, 5.41) is 11.8. The number of hydrogen-bond acceptors (Lipinski definition) is 6. The number of benzene rings is 1. The van der Waals surface area contributed by atoms with Crippen LogP contribution in [0.25, 0.3) is 5.70 Å². The standard InChI is InChI=1S/C23H24N4O5/c1-13-5-6-15(23(31)26-16-7-8-16)10-18(13)27-12-25-20(22(27)24)21(30)14-3-2-4-17(9-14)32-11-19(28)29/h2-5,9-10,12,15-16H,6-8,11,24H2,1H3,(H,26,31)(H,28,29). The van der Waals surface area contributed by atoms with E-state index in [1.165, 1.54) is 12.4 Å². The Bertz CT molecular complexity index is 1140. The third kappa shape index (κ3) is 4.56. The first kappa shape index (κ1) is 21.4. The van der Waals surface area contributed by atoms with Crippen molar-refractivity contribution >= 4 is 29.2 Å². The van der Waals surface area contributed by atoms with E-state index in [9.17, 15) is 14.4 Å². The Morgan fingerprint density at radius 1 is 1.31 bits per heavy atom. The molecule has 1 saturated carbocycles. The molecule has 1 amide bonds. The number of nitrogens with zero attached hydrogens (tertiary/aromatic N) is 2. The van der Waals surface area contributed by atoms with Gasteiger partial charge in [-0.05, 0) is 50.0 Å². The largest absolute Gasteiger partial charge is 0.482 e. The lowest BCUT2D eigenvalue weighted by atomic mass is 9.94. The average Bonchev–Trinajstić information content (AvgIpc) is 3.51. The number of nitrogens with one attached hydrogen (secondary N) is 1. The highest BCUT2D eigenvalue weighted by atomic mass is 16.5. The smallest absolute Gasteiger partial charge is 0.341 e. The van der Waals surface area contributed by atoms with Crippen LogP contribution in [0.1, 0.15) is 42.2 Å². The lowest BCUT2D eigenvalue weighted by Gasteiger charge is -2.21. The topological polar surface area (TPSA) is 137 Å². The fourth-order valence-electron chi connectivity index (χ4n) is 3.52. The third-order valence-corrected chi connectivity index (χ3v) is 5.44. The number of allylic oxidation sites excluding steroid dienone is 3. The third-order valence-electron chi connectivity index (χ3n) is 5.44. The van der Waals surface area contributed by atoms with Crippen molar-refractivity contribution in [2.75, 3.05) is 12.3 Å². The zero-order valence-corrected chi connectivity index (χ0v) is 17.6. The molecule has 0 aliphatic heterocycles. The molecule has 0 bridgehead atoms. The van der Waals surface area contributed by atoms with Crippen LogP contribution >= 0.6 is 0 Å². The van der Waals surface area contributed by atoms with Gasteiger partial charge in [-0.15, -0.1) is 0 Å². The van der Waals surface area contributed by atoms with Crippen LogP contribution in [0.5, 0.6) is 5.75 Å². The van der Waals surface area contributed by atoms with Crippen LogP contribution in [0.3, 0.4) is 0 Å². The van der Waals surface area contributed by atoms with E-state index in [1.807, 2.05) is 19.1 Å². The van der Waals surface area contributed by atoms with E-state index in [4.69, 9.17) is 15.6 Å². The van der Waals surface area contributed by atoms with E-state index in [1.54, 1.807) is 22.8 Å². The minimum absolute atomic E-state index is 0.0121. The molecule has 32 heavy (non-hydrogen) atoms. The zero-order chi connectivity index (χ0) is 22.8. The number of anilines is 1. The van der Waals surface area contributed by atoms with E-state index < -0.39 is 18.4 Å². The molecule has 2 aliphatic rings. The number of carbonyl (C=O) groups is 3. The Balaban J connectivity index is 1.57. The maximum Gasteiger partial charge on any atom is 0.341 e. The zero-order valence-electron chi connectivity index (χ0n) is 17.6. The SMILES string of the molecule is CC1=CCC(C(=O)NC2CC2)C=C1n1cnc(C(=O)c2cccc(OCC(=O)O)c2)c1N. The normalized spacial score (nSPS) is 17.8. The number of amides is 1. The summed E-state index contributed by atoms with van der Waals surface area (Å²) in [6.45, 7) is 1.41. The van der Waals surface area contributed by atoms with Gasteiger partial charge in [-0.3, -0.25) is 14.2 Å². The van der Waals surface area contributed by atoms with Crippen LogP contribution in [0, 0.1) is 5.92 Å². The van der Waals surface area contributed by atoms with Crippen molar-refractivity contribution in [3.63, 3.8) is 0 Å². The lowest BCUT2D eigenvalue weighted by molar-refractivity contribution is -0.139. The number of carboxylic acids is 1. The van der Waals surface area contributed by atoms with Gasteiger partial charge in [0, 0.05) is 17.3 Å². The summed E-state index contributed by atoms with van der Waals surface area (Å²) in [6.07, 6.45) is 7.96. The van der Waals surface area contributed by atoms with Crippen LogP contribution in [0.2, 0.25) is 0 Å². The molecule has 2 aromatic rings. The molecule has 1 atom stereocenters. The first-order valence-electron chi connectivity index (χ1n) is 10.4. The molecular formula is C23H24N4O5. The maximum atomic E-state index is 13.0. The number of carbonyl (C=O) groups excluding carboxylic acids is 2. The summed E-state index contributed by atoms with van der Waals surface area (Å²) in [6, 6.07) is 6.47. The van der Waals surface area contributed by atoms with Crippen molar-refractivity contribution in [2.45, 2.75) is 32.2 Å². The number of nitrogen functional groups attached to an aromatic ring is 1. The molecule has 1 aromatic heterocycles. The summed E-state index contributed by atoms with van der Waals surface area (Å²) in [5.41, 5.74) is 8.28. The molecule has 166 valence electrons. The summed E-state index contributed by atoms with van der Waals surface area (Å²) in [7, 11) is 0. The first-order chi connectivity index (χ1) is 15.3. The minimum atomic E-state index is -1.11. The summed E-state index contributed by atoms with van der Waals surface area (Å²) in [4.78, 5) is 40.4. The second kappa shape index (κ2) is 8.70. The van der Waals surface area contributed by atoms with Crippen molar-refractivity contribution in [2.24, 2.45) is 5.92 Å². The summed E-state index contributed by atoms with van der Waals surface area (Å²) >= 11 is 0. The van der Waals surface area contributed by atoms with Gasteiger partial charge in [0.05, 0.1) is 5.92 Å². The number of imidazole rings is 1. The van der Waals surface area contributed by atoms with E-state index in [0.29, 0.717) is 6.42 Å². The molecule has 0 radical (unpaired) electrons. The summed E-state index contributed by atoms with van der Waals surface area (Å²) < 4.78 is 6.75. The van der Waals surface area contributed by atoms with Crippen LogP contribution in [-0.4, -0.2) is 45.0 Å². The number of ether oxygens (including phenoxy) is 1. The van der Waals surface area contributed by atoms with Crippen LogP contribution in [0.4, 0.5) is 5.82 Å². The second-order valence-electron chi connectivity index (χ2n) is 7.95. The van der Waals surface area contributed by atoms with Gasteiger partial charge in [0.25, 0.3) is 0 Å². The highest BCUT2D eigenvalue weighted by molar-refractivity contribution is 6.10. The van der Waals surface area contributed by atoms with Crippen molar-refractivity contribution in [1.82, 2.24) is 14.9 Å². The number of carboxylic acid groups (broad SMARTS) is 1. The molecule has 9 heteroatoms. The molecule has 0 saturated heterocycles. The molecule has 1 fully saturated rings. The number of aliphatic carboxylic acids is 1. The molecule has 4 N–H and O–H groups in total. The molecule has 0 spiro atoms. The highest BCUT2D eigenvalue weighted by Crippen LogP contribution is 2.31. The van der Waals surface area contributed by atoms with Gasteiger partial charge >= 0.3 is 5.97 Å². The fourth-order valence-corrected chi connectivity index (χ4v) is 3.52. The van der Waals surface area contributed by atoms with E-state index in [-0.39, 0.29) is 40.7 Å². The van der Waals surface area contributed by atoms with Crippen molar-refractivity contribution in [1.29, 1.82) is 0 Å². The van der Waals surface area contributed by atoms with Gasteiger partial charge < -0.3 is 20.9 Å². The maximum absolute atomic E-state index is 13.0. The first-order valence-corrected chi connectivity index (χ1v) is 10.4. The van der Waals surface area contributed by atoms with Crippen LogP contribution in [-0.2, 0) is 9.59 Å². The number of aromatic nitrogens is 2. The lowest BCUT2D eigenvalue weighted by Crippen LogP contribution is -2.32. The van der Waals surface area contributed by atoms with Crippen LogP contribution < -0.4 is 15.8 Å².